The molecule has 2 rings (SSSR count). The third-order valence-corrected chi connectivity index (χ3v) is 3.10. The lowest BCUT2D eigenvalue weighted by Crippen LogP contribution is -2.14. The van der Waals surface area contributed by atoms with Crippen LogP contribution < -0.4 is 4.74 Å². The molecule has 0 amide bonds. The lowest BCUT2D eigenvalue weighted by atomic mass is 10.1. The van der Waals surface area contributed by atoms with Crippen LogP contribution in [0.2, 0.25) is 5.02 Å². The lowest BCUT2D eigenvalue weighted by Gasteiger charge is -2.05. The van der Waals surface area contributed by atoms with E-state index in [0.29, 0.717) is 21.9 Å². The minimum atomic E-state index is -0.605. The molecular weight excluding hydrogens is 320 g/mol. The van der Waals surface area contributed by atoms with E-state index >= 15 is 0 Å². The van der Waals surface area contributed by atoms with Crippen molar-refractivity contribution in [3.63, 3.8) is 0 Å². The molecule has 0 atom stereocenters. The zero-order valence-electron chi connectivity index (χ0n) is 12.2. The fraction of sp³-hybridized carbons (Fsp3) is 0.118. The van der Waals surface area contributed by atoms with E-state index < -0.39 is 11.9 Å². The molecule has 0 bridgehead atoms. The quantitative estimate of drug-likeness (QED) is 0.477. The number of Topliss-reactive ketones (excluding diaryl/α,β-unsaturated/α-hetero) is 1. The van der Waals surface area contributed by atoms with Crippen molar-refractivity contribution in [1.29, 1.82) is 0 Å². The average Bonchev–Trinajstić information content (AvgIpc) is 2.53. The molecule has 0 saturated heterocycles. The third-order valence-electron chi connectivity index (χ3n) is 2.85. The van der Waals surface area contributed by atoms with E-state index in [1.807, 2.05) is 0 Å². The Morgan fingerprint density at radius 3 is 2.04 bits per heavy atom. The number of carbonyl (C=O) groups excluding carboxylic acids is 3. The number of halogens is 1. The van der Waals surface area contributed by atoms with Crippen LogP contribution in [0.5, 0.6) is 5.75 Å². The minimum absolute atomic E-state index is 0.312. The number of carbonyl (C=O) groups is 3. The normalized spacial score (nSPS) is 10.0. The highest BCUT2D eigenvalue weighted by atomic mass is 35.5. The summed E-state index contributed by atoms with van der Waals surface area (Å²) in [6.07, 6.45) is 0. The zero-order chi connectivity index (χ0) is 16.8. The molecule has 0 saturated carbocycles. The van der Waals surface area contributed by atoms with E-state index in [2.05, 4.69) is 0 Å². The average molecular weight is 333 g/mol. The monoisotopic (exact) mass is 332 g/mol. The summed E-state index contributed by atoms with van der Waals surface area (Å²) in [6.45, 7) is 0.906. The van der Waals surface area contributed by atoms with E-state index in [0.717, 1.165) is 0 Å². The fourth-order valence-electron chi connectivity index (χ4n) is 1.76. The molecule has 5 nitrogen and oxygen atoms in total. The van der Waals surface area contributed by atoms with Gasteiger partial charge >= 0.3 is 11.9 Å². The van der Waals surface area contributed by atoms with Crippen LogP contribution in [0, 0.1) is 0 Å². The van der Waals surface area contributed by atoms with Crippen molar-refractivity contribution in [3.05, 3.63) is 64.7 Å². The molecular formula is C17H13ClO5. The minimum Gasteiger partial charge on any atom is -0.454 e. The molecule has 23 heavy (non-hydrogen) atoms. The van der Waals surface area contributed by atoms with Crippen molar-refractivity contribution in [2.45, 2.75) is 6.92 Å². The van der Waals surface area contributed by atoms with Crippen molar-refractivity contribution in [2.24, 2.45) is 0 Å². The summed E-state index contributed by atoms with van der Waals surface area (Å²) < 4.78 is 9.83. The Kier molecular flexibility index (Phi) is 5.49. The van der Waals surface area contributed by atoms with Gasteiger partial charge in [0.15, 0.2) is 12.4 Å². The van der Waals surface area contributed by atoms with Crippen LogP contribution >= 0.6 is 11.6 Å². The summed E-state index contributed by atoms with van der Waals surface area (Å²) >= 11 is 5.73. The Bertz CT molecular complexity index is 720. The highest BCUT2D eigenvalue weighted by Gasteiger charge is 2.12. The predicted octanol–water partition coefficient (Wildman–Crippen LogP) is 3.31. The molecule has 0 heterocycles. The topological polar surface area (TPSA) is 69.7 Å². The van der Waals surface area contributed by atoms with Gasteiger partial charge in [-0.05, 0) is 48.5 Å². The van der Waals surface area contributed by atoms with E-state index in [1.54, 1.807) is 12.1 Å². The number of rotatable bonds is 5. The number of hydrogen-bond acceptors (Lipinski definition) is 5. The molecule has 6 heteroatoms. The fourth-order valence-corrected chi connectivity index (χ4v) is 1.88. The summed E-state index contributed by atoms with van der Waals surface area (Å²) in [4.78, 5) is 34.6. The highest BCUT2D eigenvalue weighted by molar-refractivity contribution is 6.30. The molecule has 0 aromatic heterocycles. The molecule has 2 aromatic rings. The molecule has 0 fully saturated rings. The standard InChI is InChI=1S/C17H13ClO5/c1-11(19)23-15-8-4-12(5-9-15)16(20)10-22-17(21)13-2-6-14(18)7-3-13/h2-9H,10H2,1H3. The van der Waals surface area contributed by atoms with Gasteiger partial charge in [0.2, 0.25) is 0 Å². The number of benzene rings is 2. The Morgan fingerprint density at radius 1 is 0.913 bits per heavy atom. The van der Waals surface area contributed by atoms with Crippen LogP contribution in [0.25, 0.3) is 0 Å². The van der Waals surface area contributed by atoms with Gasteiger partial charge in [-0.2, -0.15) is 0 Å². The van der Waals surface area contributed by atoms with E-state index in [1.165, 1.54) is 43.3 Å². The number of esters is 2. The first kappa shape index (κ1) is 16.7. The predicted molar refractivity (Wildman–Crippen MR) is 83.8 cm³/mol. The first-order valence-corrected chi connectivity index (χ1v) is 7.08. The van der Waals surface area contributed by atoms with Crippen molar-refractivity contribution in [1.82, 2.24) is 0 Å². The van der Waals surface area contributed by atoms with E-state index in [9.17, 15) is 14.4 Å². The second-order valence-electron chi connectivity index (χ2n) is 4.62. The first-order valence-electron chi connectivity index (χ1n) is 6.70. The molecule has 0 unspecified atom stereocenters. The molecule has 0 aliphatic heterocycles. The maximum atomic E-state index is 12.0. The second kappa shape index (κ2) is 7.56. The van der Waals surface area contributed by atoms with Gasteiger partial charge in [0, 0.05) is 17.5 Å². The summed E-state index contributed by atoms with van der Waals surface area (Å²) in [5.74, 6) is -1.07. The molecule has 118 valence electrons. The van der Waals surface area contributed by atoms with Crippen molar-refractivity contribution >= 4 is 29.3 Å². The van der Waals surface area contributed by atoms with Gasteiger partial charge in [-0.25, -0.2) is 4.79 Å². The van der Waals surface area contributed by atoms with Crippen LogP contribution in [-0.4, -0.2) is 24.3 Å². The first-order chi connectivity index (χ1) is 11.0. The Balaban J connectivity index is 1.92. The molecule has 0 radical (unpaired) electrons. The second-order valence-corrected chi connectivity index (χ2v) is 5.06. The van der Waals surface area contributed by atoms with Gasteiger partial charge in [0.1, 0.15) is 5.75 Å². The Morgan fingerprint density at radius 2 is 1.48 bits per heavy atom. The van der Waals surface area contributed by atoms with Gasteiger partial charge in [-0.15, -0.1) is 0 Å². The largest absolute Gasteiger partial charge is 0.454 e. The summed E-state index contributed by atoms with van der Waals surface area (Å²) in [5.41, 5.74) is 0.664. The number of hydrogen-bond donors (Lipinski definition) is 0. The zero-order valence-corrected chi connectivity index (χ0v) is 13.0. The molecule has 2 aromatic carbocycles. The molecule has 0 aliphatic rings. The van der Waals surface area contributed by atoms with Crippen molar-refractivity contribution in [2.75, 3.05) is 6.61 Å². The Hall–Kier alpha value is -2.66. The van der Waals surface area contributed by atoms with Crippen LogP contribution in [-0.2, 0) is 9.53 Å². The van der Waals surface area contributed by atoms with E-state index in [-0.39, 0.29) is 12.4 Å². The maximum Gasteiger partial charge on any atom is 0.338 e. The maximum absolute atomic E-state index is 12.0. The summed E-state index contributed by atoms with van der Waals surface area (Å²) in [5, 5.41) is 0.505. The lowest BCUT2D eigenvalue weighted by molar-refractivity contribution is -0.131. The molecule has 0 aliphatic carbocycles. The van der Waals surface area contributed by atoms with Crippen molar-refractivity contribution < 1.29 is 23.9 Å². The number of ether oxygens (including phenoxy) is 2. The van der Waals surface area contributed by atoms with Gasteiger partial charge in [-0.3, -0.25) is 9.59 Å². The third kappa shape index (κ3) is 4.93. The van der Waals surface area contributed by atoms with Crippen LogP contribution in [0.3, 0.4) is 0 Å². The van der Waals surface area contributed by atoms with Crippen LogP contribution in [0.1, 0.15) is 27.6 Å². The smallest absolute Gasteiger partial charge is 0.338 e. The SMILES string of the molecule is CC(=O)Oc1ccc(C(=O)COC(=O)c2ccc(Cl)cc2)cc1. The van der Waals surface area contributed by atoms with Crippen molar-refractivity contribution in [3.8, 4) is 5.75 Å². The van der Waals surface area contributed by atoms with Crippen LogP contribution in [0.4, 0.5) is 0 Å². The van der Waals surface area contributed by atoms with Gasteiger partial charge in [-0.1, -0.05) is 11.6 Å². The summed E-state index contributed by atoms with van der Waals surface area (Å²) in [7, 11) is 0. The molecule has 0 spiro atoms. The van der Waals surface area contributed by atoms with Gasteiger partial charge < -0.3 is 9.47 Å². The number of ketones is 1. The van der Waals surface area contributed by atoms with Crippen LogP contribution in [0.15, 0.2) is 48.5 Å². The highest BCUT2D eigenvalue weighted by Crippen LogP contribution is 2.14. The van der Waals surface area contributed by atoms with Gasteiger partial charge in [0.25, 0.3) is 0 Å². The van der Waals surface area contributed by atoms with Gasteiger partial charge in [0.05, 0.1) is 5.56 Å². The Labute approximate surface area is 137 Å². The summed E-state index contributed by atoms with van der Waals surface area (Å²) in [6, 6.07) is 12.1. The van der Waals surface area contributed by atoms with E-state index in [4.69, 9.17) is 21.1 Å². The molecule has 0 N–H and O–H groups in total.